The topological polar surface area (TPSA) is 105 Å². The Morgan fingerprint density at radius 2 is 2.15 bits per heavy atom. The number of ether oxygens (including phenoxy) is 1. The van der Waals surface area contributed by atoms with E-state index in [0.29, 0.717) is 62.8 Å². The summed E-state index contributed by atoms with van der Waals surface area (Å²) < 4.78 is 50.8. The van der Waals surface area contributed by atoms with Crippen molar-refractivity contribution in [2.45, 2.75) is 39.3 Å². The second-order valence-corrected chi connectivity index (χ2v) is 8.43. The number of amidine groups is 1. The van der Waals surface area contributed by atoms with Crippen LogP contribution in [-0.4, -0.2) is 55.3 Å². The number of nitrogens with two attached hydrogens (primary N) is 1. The quantitative estimate of drug-likeness (QED) is 0.452. The normalized spacial score (nSPS) is 19.3. The molecule has 33 heavy (non-hydrogen) atoms. The molecule has 0 spiro atoms. The number of hydrogen-bond donors (Lipinski definition) is 2. The average Bonchev–Trinajstić information content (AvgIpc) is 3.59. The van der Waals surface area contributed by atoms with Gasteiger partial charge in [-0.2, -0.15) is 23.1 Å². The van der Waals surface area contributed by atoms with E-state index in [4.69, 9.17) is 10.5 Å². The van der Waals surface area contributed by atoms with E-state index in [0.717, 1.165) is 6.07 Å². The first-order chi connectivity index (χ1) is 15.6. The van der Waals surface area contributed by atoms with Gasteiger partial charge in [-0.05, 0) is 57.4 Å². The number of nitrogens with zero attached hydrogens (tertiary/aromatic N) is 3. The van der Waals surface area contributed by atoms with Gasteiger partial charge in [0.05, 0.1) is 30.3 Å². The molecule has 1 aliphatic carbocycles. The number of rotatable bonds is 8. The Hall–Kier alpha value is -3.02. The van der Waals surface area contributed by atoms with Crippen LogP contribution in [0.3, 0.4) is 0 Å². The van der Waals surface area contributed by atoms with Crippen LogP contribution in [0.1, 0.15) is 42.9 Å². The number of aryl methyl sites for hydroxylation is 1. The van der Waals surface area contributed by atoms with Gasteiger partial charge in [0.25, 0.3) is 0 Å². The standard InChI is InChI=1S/C23H28F3N5O2/c1-3-31-13-17(12-29-21(32)22(14-28)7-8-22)20(33-10-4-9-27)30-19(31)16-6-5-15(2)18(11-16)23(24,25)26/h5-6,11,17H,3-4,7-10,12-13,27H2,1-2H3/p+1. The number of nitriles is 1. The number of alkyl halides is 3. The first kappa shape index (κ1) is 24.6. The molecular weight excluding hydrogens is 435 g/mol. The van der Waals surface area contributed by atoms with E-state index in [2.05, 4.69) is 16.1 Å². The van der Waals surface area contributed by atoms with Crippen LogP contribution in [-0.2, 0) is 15.7 Å². The highest BCUT2D eigenvalue weighted by atomic mass is 19.4. The van der Waals surface area contributed by atoms with Gasteiger partial charge < -0.3 is 15.8 Å². The highest BCUT2D eigenvalue weighted by molar-refractivity contribution is 6.03. The van der Waals surface area contributed by atoms with Gasteiger partial charge in [0.15, 0.2) is 0 Å². The van der Waals surface area contributed by atoms with Crippen molar-refractivity contribution in [1.29, 1.82) is 5.26 Å². The lowest BCUT2D eigenvalue weighted by Crippen LogP contribution is -2.49. The minimum atomic E-state index is -4.47. The molecule has 3 N–H and O–H groups in total. The van der Waals surface area contributed by atoms with Gasteiger partial charge in [-0.1, -0.05) is 6.07 Å². The summed E-state index contributed by atoms with van der Waals surface area (Å²) in [6.45, 7) is 5.17. The number of amides is 1. The number of carbonyl (C=O) groups excluding carboxylic acids is 1. The van der Waals surface area contributed by atoms with Crippen molar-refractivity contribution >= 4 is 17.6 Å². The zero-order valence-corrected chi connectivity index (χ0v) is 18.8. The Morgan fingerprint density at radius 1 is 1.42 bits per heavy atom. The molecule has 1 amide bonds. The largest absolute Gasteiger partial charge is 0.453 e. The van der Waals surface area contributed by atoms with Crippen LogP contribution in [0, 0.1) is 29.6 Å². The molecule has 2 aliphatic rings. The maximum Gasteiger partial charge on any atom is 0.416 e. The predicted molar refractivity (Wildman–Crippen MR) is 118 cm³/mol. The highest BCUT2D eigenvalue weighted by Gasteiger charge is 2.51. The SMILES string of the molecule is CCN1CC(CNC(=O)C2(C#N)CC2)C(OCCCN)=[N+]=C1c1ccc(C)c(C(F)(F)F)c1. The second-order valence-electron chi connectivity index (χ2n) is 8.43. The zero-order valence-electron chi connectivity index (χ0n) is 18.8. The van der Waals surface area contributed by atoms with Crippen LogP contribution in [0.25, 0.3) is 0 Å². The summed E-state index contributed by atoms with van der Waals surface area (Å²) >= 11 is 0. The molecule has 1 aromatic carbocycles. The fourth-order valence-electron chi connectivity index (χ4n) is 3.75. The smallest absolute Gasteiger partial charge is 0.416 e. The van der Waals surface area contributed by atoms with Crippen LogP contribution in [0.4, 0.5) is 13.2 Å². The van der Waals surface area contributed by atoms with Crippen LogP contribution in [0.5, 0.6) is 0 Å². The molecule has 3 rings (SSSR count). The predicted octanol–water partition coefficient (Wildman–Crippen LogP) is 1.96. The first-order valence-corrected chi connectivity index (χ1v) is 11.1. The molecule has 178 valence electrons. The summed E-state index contributed by atoms with van der Waals surface area (Å²) in [5, 5.41) is 12.1. The summed E-state index contributed by atoms with van der Waals surface area (Å²) in [5.41, 5.74) is 4.40. The molecule has 0 aromatic heterocycles. The maximum absolute atomic E-state index is 13.5. The second kappa shape index (κ2) is 9.86. The fourth-order valence-corrected chi connectivity index (χ4v) is 3.75. The van der Waals surface area contributed by atoms with E-state index >= 15 is 0 Å². The summed E-state index contributed by atoms with van der Waals surface area (Å²) in [5.74, 6) is 0.123. The number of halogens is 3. The molecule has 1 aliphatic heterocycles. The maximum atomic E-state index is 13.5. The molecule has 10 heteroatoms. The van der Waals surface area contributed by atoms with Gasteiger partial charge in [-0.3, -0.25) is 4.79 Å². The number of carbonyl (C=O) groups is 1. The zero-order chi connectivity index (χ0) is 24.2. The van der Waals surface area contributed by atoms with Crippen LogP contribution in [0.15, 0.2) is 18.2 Å². The van der Waals surface area contributed by atoms with E-state index in [1.165, 1.54) is 13.0 Å². The fraction of sp³-hybridized carbons (Fsp3) is 0.565. The monoisotopic (exact) mass is 464 g/mol. The van der Waals surface area contributed by atoms with Crippen molar-refractivity contribution in [3.8, 4) is 6.07 Å². The molecule has 1 atom stereocenters. The lowest BCUT2D eigenvalue weighted by atomic mass is 10.0. The van der Waals surface area contributed by atoms with Crippen molar-refractivity contribution in [2.75, 3.05) is 32.8 Å². The summed E-state index contributed by atoms with van der Waals surface area (Å²) in [7, 11) is 0. The summed E-state index contributed by atoms with van der Waals surface area (Å²) in [6.07, 6.45) is -2.79. The Kier molecular flexibility index (Phi) is 7.35. The lowest BCUT2D eigenvalue weighted by molar-refractivity contribution is -0.138. The molecule has 1 heterocycles. The Morgan fingerprint density at radius 3 is 2.73 bits per heavy atom. The first-order valence-electron chi connectivity index (χ1n) is 11.1. The number of benzene rings is 1. The minimum Gasteiger partial charge on any atom is -0.453 e. The van der Waals surface area contributed by atoms with Gasteiger partial charge in [0.1, 0.15) is 17.9 Å². The van der Waals surface area contributed by atoms with Crippen molar-refractivity contribution in [1.82, 2.24) is 14.9 Å². The lowest BCUT2D eigenvalue weighted by Gasteiger charge is -2.25. The molecule has 0 saturated heterocycles. The molecule has 0 bridgehead atoms. The van der Waals surface area contributed by atoms with Crippen LogP contribution < -0.4 is 15.7 Å². The van der Waals surface area contributed by atoms with Gasteiger partial charge in [0.2, 0.25) is 5.91 Å². The molecule has 0 radical (unpaired) electrons. The van der Waals surface area contributed by atoms with Crippen molar-refractivity contribution in [3.05, 3.63) is 34.9 Å². The number of hydrogen-bond acceptors (Lipinski definition) is 5. The molecule has 7 nitrogen and oxygen atoms in total. The third kappa shape index (κ3) is 5.49. The van der Waals surface area contributed by atoms with Gasteiger partial charge in [0, 0.05) is 6.54 Å². The van der Waals surface area contributed by atoms with Crippen molar-refractivity contribution in [2.24, 2.45) is 17.1 Å². The average molecular weight is 465 g/mol. The summed E-state index contributed by atoms with van der Waals surface area (Å²) in [6, 6.07) is 6.24. The van der Waals surface area contributed by atoms with E-state index in [1.807, 2.05) is 11.8 Å². The van der Waals surface area contributed by atoms with E-state index < -0.39 is 17.2 Å². The van der Waals surface area contributed by atoms with Gasteiger partial charge in [-0.15, -0.1) is 0 Å². The Balaban J connectivity index is 1.95. The Labute approximate surface area is 191 Å². The van der Waals surface area contributed by atoms with Gasteiger partial charge >= 0.3 is 17.9 Å². The molecular formula is C23H29F3N5O2+. The Bertz CT molecular complexity index is 1000. The van der Waals surface area contributed by atoms with E-state index in [9.17, 15) is 23.2 Å². The van der Waals surface area contributed by atoms with E-state index in [1.54, 1.807) is 6.07 Å². The third-order valence-electron chi connectivity index (χ3n) is 5.99. The number of nitrogens with one attached hydrogen (secondary N) is 1. The van der Waals surface area contributed by atoms with Crippen molar-refractivity contribution in [3.63, 3.8) is 0 Å². The molecule has 1 fully saturated rings. The van der Waals surface area contributed by atoms with E-state index in [-0.39, 0.29) is 23.9 Å². The molecule has 1 aromatic rings. The van der Waals surface area contributed by atoms with Gasteiger partial charge in [-0.25, -0.2) is 4.90 Å². The highest BCUT2D eigenvalue weighted by Crippen LogP contribution is 2.45. The third-order valence-corrected chi connectivity index (χ3v) is 5.99. The minimum absolute atomic E-state index is 0.140. The van der Waals surface area contributed by atoms with Crippen molar-refractivity contribution < 1.29 is 22.7 Å². The van der Waals surface area contributed by atoms with Crippen LogP contribution >= 0.6 is 0 Å². The summed E-state index contributed by atoms with van der Waals surface area (Å²) in [4.78, 5) is 14.3. The van der Waals surface area contributed by atoms with Crippen LogP contribution in [0.2, 0.25) is 0 Å². The molecule has 1 unspecified atom stereocenters. The molecule has 1 saturated carbocycles.